The molecule has 0 atom stereocenters. The highest BCUT2D eigenvalue weighted by molar-refractivity contribution is 6.18. The van der Waals surface area contributed by atoms with Crippen molar-refractivity contribution in [3.8, 4) is 33.9 Å². The van der Waals surface area contributed by atoms with Crippen LogP contribution in [0.3, 0.4) is 0 Å². The first kappa shape index (κ1) is 29.2. The first-order valence-corrected chi connectivity index (χ1v) is 13.0. The van der Waals surface area contributed by atoms with Gasteiger partial charge in [-0.1, -0.05) is 24.8 Å². The lowest BCUT2D eigenvalue weighted by Crippen LogP contribution is -2.18. The predicted molar refractivity (Wildman–Crippen MR) is 168 cm³/mol. The third kappa shape index (κ3) is 6.34. The summed E-state index contributed by atoms with van der Waals surface area (Å²) in [5.74, 6) is 0.783. The second kappa shape index (κ2) is 12.6. The van der Waals surface area contributed by atoms with Gasteiger partial charge in [0.05, 0.1) is 11.4 Å². The number of aryl methyl sites for hydroxylation is 2. The summed E-state index contributed by atoms with van der Waals surface area (Å²) in [5, 5.41) is 22.7. The Bertz CT molecular complexity index is 1730. The molecular formula is C32H32N8O2. The number of nitrogens with one attached hydrogen (secondary N) is 4. The second-order valence-corrected chi connectivity index (χ2v) is 9.41. The highest BCUT2D eigenvalue weighted by atomic mass is 16.5. The number of amides is 1. The summed E-state index contributed by atoms with van der Waals surface area (Å²) in [6, 6.07) is 16.4. The number of nitrogens with two attached hydrogens (primary N) is 2. The number of anilines is 2. The van der Waals surface area contributed by atoms with E-state index in [0.29, 0.717) is 45.3 Å². The standard InChI is InChI=1S/C32H32N8O2/c1-5-27(41)40-26-15-18(2)24(17-38-26)22-16-23(25(33)13-14-37-4)31(34)30(32(35)36)29(22)20-9-11-21(12-10-20)42-28-8-6-7-19(3)39-28/h5-17,33,37H,1,34H2,2-4H3,(H3,35,36)(H,38,40,41)/b14-13-,33-25?. The van der Waals surface area contributed by atoms with Crippen LogP contribution >= 0.6 is 0 Å². The molecule has 0 radical (unpaired) electrons. The Hall–Kier alpha value is -5.77. The number of carbonyl (C=O) groups is 1. The molecule has 0 spiro atoms. The zero-order valence-electron chi connectivity index (χ0n) is 23.6. The van der Waals surface area contributed by atoms with Gasteiger partial charge in [0.1, 0.15) is 17.4 Å². The van der Waals surface area contributed by atoms with E-state index in [4.69, 9.17) is 27.0 Å². The SMILES string of the molecule is C=CC(=O)Nc1cc(C)c(-c2cc(C(=N)/C=C\NC)c(N)c(C(=N)N)c2-c2ccc(Oc3cccc(C)n3)cc2)cn1. The summed E-state index contributed by atoms with van der Waals surface area (Å²) in [5.41, 5.74) is 18.1. The maximum atomic E-state index is 11.8. The van der Waals surface area contributed by atoms with Crippen molar-refractivity contribution in [2.24, 2.45) is 5.73 Å². The fourth-order valence-electron chi connectivity index (χ4n) is 4.44. The fourth-order valence-corrected chi connectivity index (χ4v) is 4.44. The zero-order chi connectivity index (χ0) is 30.4. The van der Waals surface area contributed by atoms with E-state index in [1.165, 1.54) is 6.08 Å². The second-order valence-electron chi connectivity index (χ2n) is 9.41. The maximum absolute atomic E-state index is 11.8. The Morgan fingerprint density at radius 3 is 2.43 bits per heavy atom. The van der Waals surface area contributed by atoms with Gasteiger partial charge in [0, 0.05) is 47.3 Å². The number of pyridine rings is 2. The first-order valence-electron chi connectivity index (χ1n) is 13.0. The molecule has 1 amide bonds. The van der Waals surface area contributed by atoms with Gasteiger partial charge in [-0.2, -0.15) is 0 Å². The molecule has 10 heteroatoms. The van der Waals surface area contributed by atoms with Gasteiger partial charge in [-0.3, -0.25) is 10.2 Å². The van der Waals surface area contributed by atoms with Crippen molar-refractivity contribution in [1.82, 2.24) is 15.3 Å². The number of benzene rings is 2. The predicted octanol–water partition coefficient (Wildman–Crippen LogP) is 5.31. The van der Waals surface area contributed by atoms with Gasteiger partial charge in [0.2, 0.25) is 11.8 Å². The number of hydrogen-bond donors (Lipinski definition) is 6. The summed E-state index contributed by atoms with van der Waals surface area (Å²) >= 11 is 0. The normalized spacial score (nSPS) is 10.7. The highest BCUT2D eigenvalue weighted by Crippen LogP contribution is 2.41. The van der Waals surface area contributed by atoms with Crippen LogP contribution in [0.25, 0.3) is 22.3 Å². The third-order valence-electron chi connectivity index (χ3n) is 6.41. The van der Waals surface area contributed by atoms with Crippen molar-refractivity contribution in [2.45, 2.75) is 13.8 Å². The topological polar surface area (TPSA) is 176 Å². The summed E-state index contributed by atoms with van der Waals surface area (Å²) in [7, 11) is 1.73. The summed E-state index contributed by atoms with van der Waals surface area (Å²) < 4.78 is 5.93. The van der Waals surface area contributed by atoms with Crippen LogP contribution < -0.4 is 26.8 Å². The monoisotopic (exact) mass is 560 g/mol. The van der Waals surface area contributed by atoms with Gasteiger partial charge in [0.25, 0.3) is 0 Å². The van der Waals surface area contributed by atoms with Crippen molar-refractivity contribution in [2.75, 3.05) is 18.1 Å². The van der Waals surface area contributed by atoms with Gasteiger partial charge in [-0.25, -0.2) is 9.97 Å². The Balaban J connectivity index is 1.92. The molecule has 4 aromatic rings. The van der Waals surface area contributed by atoms with Crippen molar-refractivity contribution in [3.63, 3.8) is 0 Å². The molecule has 0 fully saturated rings. The minimum absolute atomic E-state index is 0.132. The molecule has 4 rings (SSSR count). The van der Waals surface area contributed by atoms with Crippen LogP contribution in [-0.4, -0.2) is 34.5 Å². The van der Waals surface area contributed by atoms with E-state index >= 15 is 0 Å². The molecule has 8 N–H and O–H groups in total. The Morgan fingerprint density at radius 1 is 1.07 bits per heavy atom. The lowest BCUT2D eigenvalue weighted by molar-refractivity contribution is -0.111. The zero-order valence-corrected chi connectivity index (χ0v) is 23.6. The number of carbonyl (C=O) groups excluding carboxylic acids is 1. The number of nitrogen functional groups attached to an aromatic ring is 2. The van der Waals surface area contributed by atoms with E-state index in [0.717, 1.165) is 16.8 Å². The third-order valence-corrected chi connectivity index (χ3v) is 6.41. The fraction of sp³-hybridized carbons (Fsp3) is 0.0938. The number of hydrogen-bond acceptors (Lipinski definition) is 8. The van der Waals surface area contributed by atoms with Crippen LogP contribution in [0.4, 0.5) is 11.5 Å². The van der Waals surface area contributed by atoms with Gasteiger partial charge in [-0.05, 0) is 79.2 Å². The van der Waals surface area contributed by atoms with E-state index in [1.807, 2.05) is 38.1 Å². The van der Waals surface area contributed by atoms with E-state index < -0.39 is 0 Å². The first-order chi connectivity index (χ1) is 20.1. The van der Waals surface area contributed by atoms with Crippen LogP contribution in [0.2, 0.25) is 0 Å². The van der Waals surface area contributed by atoms with Crippen molar-refractivity contribution < 1.29 is 9.53 Å². The Kier molecular flexibility index (Phi) is 8.77. The summed E-state index contributed by atoms with van der Waals surface area (Å²) in [6.45, 7) is 7.25. The van der Waals surface area contributed by atoms with E-state index in [1.54, 1.807) is 55.9 Å². The van der Waals surface area contributed by atoms with Crippen LogP contribution in [0.1, 0.15) is 22.4 Å². The molecule has 2 aromatic heterocycles. The van der Waals surface area contributed by atoms with Gasteiger partial charge in [-0.15, -0.1) is 0 Å². The molecule has 0 aliphatic carbocycles. The molecule has 2 aromatic carbocycles. The Morgan fingerprint density at radius 2 is 1.81 bits per heavy atom. The molecule has 0 saturated heterocycles. The molecule has 212 valence electrons. The number of ether oxygens (including phenoxy) is 1. The van der Waals surface area contributed by atoms with E-state index in [9.17, 15) is 4.79 Å². The van der Waals surface area contributed by atoms with E-state index in [2.05, 4.69) is 27.2 Å². The molecule has 0 bridgehead atoms. The molecule has 0 saturated carbocycles. The average Bonchev–Trinajstić information content (AvgIpc) is 2.96. The van der Waals surface area contributed by atoms with Crippen LogP contribution in [0.15, 0.2) is 85.7 Å². The number of aromatic nitrogens is 2. The highest BCUT2D eigenvalue weighted by Gasteiger charge is 2.23. The number of nitrogens with zero attached hydrogens (tertiary/aromatic N) is 2. The molecule has 0 unspecified atom stereocenters. The van der Waals surface area contributed by atoms with E-state index in [-0.39, 0.29) is 23.1 Å². The lowest BCUT2D eigenvalue weighted by Gasteiger charge is -2.21. The van der Waals surface area contributed by atoms with Gasteiger partial charge >= 0.3 is 0 Å². The van der Waals surface area contributed by atoms with Crippen LogP contribution in [0.5, 0.6) is 11.6 Å². The quantitative estimate of drug-likeness (QED) is 0.0659. The number of rotatable bonds is 10. The molecule has 2 heterocycles. The minimum atomic E-state index is -0.378. The van der Waals surface area contributed by atoms with Crippen molar-refractivity contribution in [1.29, 1.82) is 10.8 Å². The van der Waals surface area contributed by atoms with Crippen LogP contribution in [0, 0.1) is 24.7 Å². The van der Waals surface area contributed by atoms with Crippen molar-refractivity contribution >= 4 is 29.0 Å². The number of allylic oxidation sites excluding steroid dienone is 1. The minimum Gasteiger partial charge on any atom is -0.439 e. The lowest BCUT2D eigenvalue weighted by atomic mass is 9.85. The molecule has 0 aliphatic rings. The average molecular weight is 561 g/mol. The van der Waals surface area contributed by atoms with Gasteiger partial charge in [0.15, 0.2) is 0 Å². The maximum Gasteiger partial charge on any atom is 0.248 e. The van der Waals surface area contributed by atoms with Crippen molar-refractivity contribution in [3.05, 3.63) is 108 Å². The molecule has 0 aliphatic heterocycles. The largest absolute Gasteiger partial charge is 0.439 e. The van der Waals surface area contributed by atoms with Crippen LogP contribution in [-0.2, 0) is 4.79 Å². The summed E-state index contributed by atoms with van der Waals surface area (Å²) in [4.78, 5) is 20.7. The van der Waals surface area contributed by atoms with Gasteiger partial charge < -0.3 is 32.2 Å². The summed E-state index contributed by atoms with van der Waals surface area (Å²) in [6.07, 6.45) is 5.99. The smallest absolute Gasteiger partial charge is 0.248 e. The molecule has 10 nitrogen and oxygen atoms in total. The Labute approximate surface area is 244 Å². The molecule has 42 heavy (non-hydrogen) atoms. The number of amidine groups is 1. The molecular weight excluding hydrogens is 528 g/mol.